The van der Waals surface area contributed by atoms with E-state index in [-0.39, 0.29) is 40.9 Å². The minimum absolute atomic E-state index is 0.0162. The molecule has 258 valence electrons. The van der Waals surface area contributed by atoms with Crippen molar-refractivity contribution < 1.29 is 32.3 Å². The van der Waals surface area contributed by atoms with Gasteiger partial charge in [-0.15, -0.1) is 5.06 Å². The van der Waals surface area contributed by atoms with E-state index in [1.807, 2.05) is 18.9 Å². The van der Waals surface area contributed by atoms with E-state index in [4.69, 9.17) is 19.3 Å². The van der Waals surface area contributed by atoms with Gasteiger partial charge in [0.25, 0.3) is 0 Å². The fourth-order valence-electron chi connectivity index (χ4n) is 5.87. The molecule has 1 atom stereocenters. The van der Waals surface area contributed by atoms with Gasteiger partial charge in [-0.25, -0.2) is 24.9 Å². The highest BCUT2D eigenvalue weighted by molar-refractivity contribution is 5.91. The second-order valence-electron chi connectivity index (χ2n) is 12.5. The summed E-state index contributed by atoms with van der Waals surface area (Å²) >= 11 is 0. The molecule has 0 unspecified atom stereocenters. The highest BCUT2D eigenvalue weighted by Gasteiger charge is 2.36. The number of nitrogens with zero attached hydrogens (tertiary/aromatic N) is 8. The van der Waals surface area contributed by atoms with Crippen LogP contribution in [0.15, 0.2) is 30.7 Å². The number of carbonyl (C=O) groups is 1. The zero-order valence-corrected chi connectivity index (χ0v) is 28.1. The molecule has 13 nitrogen and oxygen atoms in total. The van der Waals surface area contributed by atoms with Crippen LogP contribution < -0.4 is 14.5 Å². The van der Waals surface area contributed by atoms with Crippen LogP contribution in [0.5, 0.6) is 5.88 Å². The van der Waals surface area contributed by atoms with Crippen molar-refractivity contribution >= 4 is 28.6 Å². The molecule has 1 aliphatic rings. The van der Waals surface area contributed by atoms with Crippen LogP contribution in [-0.4, -0.2) is 101 Å². The first kappa shape index (κ1) is 34.8. The number of imidazole rings is 1. The predicted molar refractivity (Wildman–Crippen MR) is 173 cm³/mol. The number of anilines is 2. The number of pyridine rings is 2. The number of halogens is 3. The third-order valence-electron chi connectivity index (χ3n) is 7.81. The Morgan fingerprint density at radius 3 is 2.48 bits per heavy atom. The molecule has 0 radical (unpaired) electrons. The zero-order chi connectivity index (χ0) is 34.8. The van der Waals surface area contributed by atoms with Crippen LogP contribution in [0.4, 0.5) is 24.7 Å². The number of hydrogen-bond donors (Lipinski definition) is 1. The third kappa shape index (κ3) is 7.76. The summed E-state index contributed by atoms with van der Waals surface area (Å²) in [5.41, 5.74) is 1.18. The maximum Gasteiger partial charge on any atom is 0.421 e. The smallest absolute Gasteiger partial charge is 0.421 e. The molecule has 0 amide bonds. The minimum atomic E-state index is -4.68. The minimum Gasteiger partial charge on any atom is -0.478 e. The number of hydroxylamine groups is 2. The van der Waals surface area contributed by atoms with Crippen molar-refractivity contribution in [1.29, 1.82) is 0 Å². The Morgan fingerprint density at radius 2 is 1.85 bits per heavy atom. The Hall–Kier alpha value is -4.57. The molecule has 48 heavy (non-hydrogen) atoms. The van der Waals surface area contributed by atoms with Crippen molar-refractivity contribution in [2.45, 2.75) is 46.8 Å². The van der Waals surface area contributed by atoms with Gasteiger partial charge in [0.15, 0.2) is 11.5 Å². The van der Waals surface area contributed by atoms with Crippen molar-refractivity contribution in [2.75, 3.05) is 63.4 Å². The quantitative estimate of drug-likeness (QED) is 0.230. The number of nitrogens with one attached hydrogen (secondary N) is 1. The molecule has 0 spiro atoms. The monoisotopic (exact) mass is 671 g/mol. The van der Waals surface area contributed by atoms with Gasteiger partial charge in [-0.3, -0.25) is 4.79 Å². The number of alkyl halides is 3. The van der Waals surface area contributed by atoms with Gasteiger partial charge in [0, 0.05) is 57.4 Å². The predicted octanol–water partition coefficient (Wildman–Crippen LogP) is 4.99. The van der Waals surface area contributed by atoms with Crippen molar-refractivity contribution in [1.82, 2.24) is 35.0 Å². The number of rotatable bonds is 11. The fourth-order valence-corrected chi connectivity index (χ4v) is 5.87. The molecular weight excluding hydrogens is 631 g/mol. The molecule has 0 bridgehead atoms. The summed E-state index contributed by atoms with van der Waals surface area (Å²) in [5, 5.41) is 1.64. The van der Waals surface area contributed by atoms with Crippen LogP contribution in [0.25, 0.3) is 33.9 Å². The Balaban J connectivity index is 1.52. The molecule has 1 saturated heterocycles. The molecule has 0 saturated carbocycles. The lowest BCUT2D eigenvalue weighted by atomic mass is 9.94. The highest BCUT2D eigenvalue weighted by atomic mass is 19.4. The lowest BCUT2D eigenvalue weighted by Gasteiger charge is -2.38. The molecule has 4 aromatic rings. The van der Waals surface area contributed by atoms with Crippen LogP contribution in [-0.2, 0) is 20.5 Å². The first-order valence-electron chi connectivity index (χ1n) is 15.5. The Bertz CT molecular complexity index is 1750. The van der Waals surface area contributed by atoms with Gasteiger partial charge < -0.3 is 29.1 Å². The first-order valence-corrected chi connectivity index (χ1v) is 15.5. The Kier molecular flexibility index (Phi) is 10.1. The van der Waals surface area contributed by atoms with Crippen molar-refractivity contribution in [3.63, 3.8) is 0 Å². The lowest BCUT2D eigenvalue weighted by molar-refractivity contribution is -0.190. The van der Waals surface area contributed by atoms with Crippen molar-refractivity contribution in [3.05, 3.63) is 36.3 Å². The lowest BCUT2D eigenvalue weighted by Crippen LogP contribution is -2.52. The number of carbonyl (C=O) groups excluding carboxylic acids is 1. The normalized spacial score (nSPS) is 16.0. The van der Waals surface area contributed by atoms with Crippen LogP contribution in [0, 0.1) is 5.41 Å². The summed E-state index contributed by atoms with van der Waals surface area (Å²) in [6.07, 6.45) is -0.0998. The van der Waals surface area contributed by atoms with Crippen molar-refractivity contribution in [2.24, 2.45) is 5.41 Å². The molecule has 1 fully saturated rings. The maximum absolute atomic E-state index is 14.0. The number of piperazine rings is 1. The maximum atomic E-state index is 14.0. The molecule has 5 rings (SSSR count). The molecule has 4 aromatic heterocycles. The molecule has 1 N–H and O–H groups in total. The first-order chi connectivity index (χ1) is 22.7. The molecule has 0 aromatic carbocycles. The van der Waals surface area contributed by atoms with Gasteiger partial charge in [-0.05, 0) is 26.0 Å². The summed E-state index contributed by atoms with van der Waals surface area (Å²) in [7, 11) is 3.53. The molecule has 1 aliphatic heterocycles. The number of methoxy groups -OCH3 is 1. The van der Waals surface area contributed by atoms with E-state index < -0.39 is 17.6 Å². The number of fused-ring (bicyclic) bond motifs is 1. The molecule has 16 heteroatoms. The second-order valence-corrected chi connectivity index (χ2v) is 12.5. The largest absolute Gasteiger partial charge is 0.478 e. The highest BCUT2D eigenvalue weighted by Crippen LogP contribution is 2.39. The van der Waals surface area contributed by atoms with Crippen molar-refractivity contribution in [3.8, 4) is 28.7 Å². The summed E-state index contributed by atoms with van der Waals surface area (Å²) in [6.45, 7) is 11.8. The molecule has 5 heterocycles. The third-order valence-corrected chi connectivity index (χ3v) is 7.81. The van der Waals surface area contributed by atoms with E-state index in [0.717, 1.165) is 6.07 Å². The Labute approximate surface area is 276 Å². The van der Waals surface area contributed by atoms with Gasteiger partial charge in [0.1, 0.15) is 22.6 Å². The van der Waals surface area contributed by atoms with E-state index in [1.54, 1.807) is 37.6 Å². The SMILES string of the molecule is CCOc1ncc(-c2cc(N(C)CC(C)(C)COC)c3[nH]c(-c4cnc(N5CCN(OC(C)=O)C[C@H]5C)cn4)nc3n2)cc1C(F)(F)F. The van der Waals surface area contributed by atoms with Gasteiger partial charge in [-0.2, -0.15) is 13.2 Å². The molecule has 0 aliphatic carbocycles. The number of hydrogen-bond acceptors (Lipinski definition) is 12. The van der Waals surface area contributed by atoms with Gasteiger partial charge in [-0.1, -0.05) is 13.8 Å². The summed E-state index contributed by atoms with van der Waals surface area (Å²) in [6, 6.07) is 2.73. The van der Waals surface area contributed by atoms with Gasteiger partial charge in [0.05, 0.1) is 50.1 Å². The number of ether oxygens (including phenoxy) is 2. The summed E-state index contributed by atoms with van der Waals surface area (Å²) in [4.78, 5) is 46.6. The van der Waals surface area contributed by atoms with Gasteiger partial charge >= 0.3 is 12.1 Å². The second kappa shape index (κ2) is 13.9. The van der Waals surface area contributed by atoms with Crippen LogP contribution in [0.2, 0.25) is 0 Å². The Morgan fingerprint density at radius 1 is 1.08 bits per heavy atom. The zero-order valence-electron chi connectivity index (χ0n) is 28.1. The average molecular weight is 672 g/mol. The number of aromatic nitrogens is 6. The summed E-state index contributed by atoms with van der Waals surface area (Å²) < 4.78 is 52.6. The number of H-pyrrole nitrogens is 1. The topological polar surface area (TPSA) is 135 Å². The average Bonchev–Trinajstić information content (AvgIpc) is 3.44. The molecular formula is C32H40F3N9O4. The van der Waals surface area contributed by atoms with Gasteiger partial charge in [0.2, 0.25) is 5.88 Å². The van der Waals surface area contributed by atoms with E-state index in [2.05, 4.69) is 43.7 Å². The van der Waals surface area contributed by atoms with E-state index in [0.29, 0.717) is 61.3 Å². The standard InChI is InChI=1S/C32H40F3N9O4/c1-8-47-30-22(32(33,34)35)11-21(13-38-30)23-12-25(42(6)17-31(4,5)18-46-7)27-29(39-23)41-28(40-27)24-14-37-26(15-36-24)44-10-9-43(16-19(44)2)48-20(3)45/h11-15,19H,8-10,16-18H2,1-7H3,(H,39,40,41)/t19-/m1/s1. The fraction of sp³-hybridized carbons (Fsp3) is 0.500. The van der Waals surface area contributed by atoms with Crippen LogP contribution >= 0.6 is 0 Å². The van der Waals surface area contributed by atoms with E-state index >= 15 is 0 Å². The summed E-state index contributed by atoms with van der Waals surface area (Å²) in [5.74, 6) is 0.211. The van der Waals surface area contributed by atoms with Crippen LogP contribution in [0.1, 0.15) is 40.2 Å². The number of aromatic amines is 1. The van der Waals surface area contributed by atoms with E-state index in [9.17, 15) is 18.0 Å². The van der Waals surface area contributed by atoms with E-state index in [1.165, 1.54) is 13.1 Å². The van der Waals surface area contributed by atoms with Crippen LogP contribution in [0.3, 0.4) is 0 Å².